The Hall–Kier alpha value is -2.10. The monoisotopic (exact) mass is 445 g/mol. The predicted octanol–water partition coefficient (Wildman–Crippen LogP) is 7.53. The number of unbranched alkanes of at least 4 members (excludes halogenated alkanes) is 6. The van der Waals surface area contributed by atoms with Gasteiger partial charge in [-0.3, -0.25) is 4.79 Å². The Morgan fingerprint density at radius 3 is 1.72 bits per heavy atom. The van der Waals surface area contributed by atoms with E-state index in [4.69, 9.17) is 0 Å². The van der Waals surface area contributed by atoms with Crippen LogP contribution in [0.2, 0.25) is 0 Å². The van der Waals surface area contributed by atoms with Crippen LogP contribution in [0.25, 0.3) is 0 Å². The van der Waals surface area contributed by atoms with Gasteiger partial charge in [-0.05, 0) is 63.7 Å². The molecule has 1 atom stereocenters. The first-order valence-corrected chi connectivity index (χ1v) is 12.6. The van der Waals surface area contributed by atoms with E-state index in [-0.39, 0.29) is 11.8 Å². The van der Waals surface area contributed by atoms with Crippen molar-refractivity contribution in [2.24, 2.45) is 5.92 Å². The Kier molecular flexibility index (Phi) is 20.7. The molecule has 0 aromatic rings. The maximum atomic E-state index is 11.9. The zero-order valence-corrected chi connectivity index (χ0v) is 20.7. The van der Waals surface area contributed by atoms with Crippen LogP contribution in [0.15, 0.2) is 48.6 Å². The van der Waals surface area contributed by atoms with Crippen LogP contribution in [0.1, 0.15) is 104 Å². The van der Waals surface area contributed by atoms with E-state index in [9.17, 15) is 14.7 Å². The molecule has 0 unspecified atom stereocenters. The summed E-state index contributed by atoms with van der Waals surface area (Å²) < 4.78 is 0. The molecule has 4 nitrogen and oxygen atoms in total. The summed E-state index contributed by atoms with van der Waals surface area (Å²) in [5, 5.41) is 11.8. The number of allylic oxidation sites excluding steroid dienone is 8. The van der Waals surface area contributed by atoms with Crippen LogP contribution in [-0.4, -0.2) is 23.0 Å². The summed E-state index contributed by atoms with van der Waals surface area (Å²) in [4.78, 5) is 23.1. The van der Waals surface area contributed by atoms with Gasteiger partial charge < -0.3 is 10.4 Å². The minimum Gasteiger partial charge on any atom is -0.480 e. The normalized spacial score (nSPS) is 13.2. The Bertz CT molecular complexity index is 587. The van der Waals surface area contributed by atoms with E-state index < -0.39 is 12.0 Å². The summed E-state index contributed by atoms with van der Waals surface area (Å²) >= 11 is 0. The summed E-state index contributed by atoms with van der Waals surface area (Å²) in [6, 6.07) is -0.772. The molecular weight excluding hydrogens is 398 g/mol. The SMILES string of the molecule is CCCCC/C=C\C/C=C\C/C=C\C/C=C\CCCCCC(=O)N[C@@H](CC(C)C)C(=O)O. The van der Waals surface area contributed by atoms with Gasteiger partial charge in [-0.2, -0.15) is 0 Å². The second-order valence-electron chi connectivity index (χ2n) is 8.78. The van der Waals surface area contributed by atoms with Gasteiger partial charge in [0.2, 0.25) is 5.91 Å². The van der Waals surface area contributed by atoms with Crippen LogP contribution in [0, 0.1) is 5.92 Å². The minimum absolute atomic E-state index is 0.157. The van der Waals surface area contributed by atoms with Gasteiger partial charge >= 0.3 is 5.97 Å². The zero-order chi connectivity index (χ0) is 23.9. The molecular formula is C28H47NO3. The zero-order valence-electron chi connectivity index (χ0n) is 20.7. The van der Waals surface area contributed by atoms with Crippen molar-refractivity contribution in [3.8, 4) is 0 Å². The molecule has 32 heavy (non-hydrogen) atoms. The lowest BCUT2D eigenvalue weighted by Gasteiger charge is -2.16. The fourth-order valence-corrected chi connectivity index (χ4v) is 3.24. The maximum absolute atomic E-state index is 11.9. The second-order valence-corrected chi connectivity index (χ2v) is 8.78. The highest BCUT2D eigenvalue weighted by Crippen LogP contribution is 2.08. The number of carboxylic acid groups (broad SMARTS) is 1. The number of carboxylic acids is 1. The summed E-state index contributed by atoms with van der Waals surface area (Å²) in [5.41, 5.74) is 0. The molecule has 0 radical (unpaired) electrons. The van der Waals surface area contributed by atoms with E-state index in [1.807, 2.05) is 13.8 Å². The van der Waals surface area contributed by atoms with E-state index in [0.717, 1.165) is 44.9 Å². The molecule has 2 N–H and O–H groups in total. The lowest BCUT2D eigenvalue weighted by Crippen LogP contribution is -2.41. The molecule has 0 heterocycles. The van der Waals surface area contributed by atoms with Crippen LogP contribution in [0.3, 0.4) is 0 Å². The van der Waals surface area contributed by atoms with Gasteiger partial charge in [0.1, 0.15) is 6.04 Å². The molecule has 0 aromatic heterocycles. The number of rotatable bonds is 20. The van der Waals surface area contributed by atoms with Crippen LogP contribution in [-0.2, 0) is 9.59 Å². The third kappa shape index (κ3) is 21.1. The van der Waals surface area contributed by atoms with Crippen molar-refractivity contribution < 1.29 is 14.7 Å². The van der Waals surface area contributed by atoms with Gasteiger partial charge in [0.05, 0.1) is 0 Å². The molecule has 0 aliphatic heterocycles. The topological polar surface area (TPSA) is 66.4 Å². The number of hydrogen-bond donors (Lipinski definition) is 2. The lowest BCUT2D eigenvalue weighted by molar-refractivity contribution is -0.142. The molecule has 182 valence electrons. The highest BCUT2D eigenvalue weighted by atomic mass is 16.4. The first-order chi connectivity index (χ1) is 15.5. The number of amides is 1. The van der Waals surface area contributed by atoms with Crippen LogP contribution < -0.4 is 5.32 Å². The molecule has 0 aliphatic rings. The molecule has 0 fully saturated rings. The summed E-state index contributed by atoms with van der Waals surface area (Å²) in [7, 11) is 0. The number of carbonyl (C=O) groups excluding carboxylic acids is 1. The van der Waals surface area contributed by atoms with Gasteiger partial charge in [0.15, 0.2) is 0 Å². The minimum atomic E-state index is -0.951. The Morgan fingerprint density at radius 2 is 1.25 bits per heavy atom. The van der Waals surface area contributed by atoms with E-state index in [0.29, 0.717) is 12.8 Å². The third-order valence-corrected chi connectivity index (χ3v) is 5.07. The molecule has 0 saturated heterocycles. The van der Waals surface area contributed by atoms with Crippen LogP contribution >= 0.6 is 0 Å². The van der Waals surface area contributed by atoms with E-state index in [1.165, 1.54) is 25.7 Å². The first kappa shape index (κ1) is 29.9. The van der Waals surface area contributed by atoms with Gasteiger partial charge in [0, 0.05) is 6.42 Å². The van der Waals surface area contributed by atoms with Crippen molar-refractivity contribution >= 4 is 11.9 Å². The fourth-order valence-electron chi connectivity index (χ4n) is 3.24. The molecule has 4 heteroatoms. The van der Waals surface area contributed by atoms with Crippen molar-refractivity contribution in [3.05, 3.63) is 48.6 Å². The molecule has 0 bridgehead atoms. The Labute approximate surface area is 197 Å². The third-order valence-electron chi connectivity index (χ3n) is 5.07. The standard InChI is InChI=1S/C28H47NO3/c1-4-5-6-7-8-9-10-11-12-13-14-15-16-17-18-19-20-21-22-23-27(30)29-26(28(31)32)24-25(2)3/h8-9,11-12,14-15,17-18,25-26H,4-7,10,13,16,19-24H2,1-3H3,(H,29,30)(H,31,32)/b9-8-,12-11-,15-14-,18-17-/t26-/m0/s1. The van der Waals surface area contributed by atoms with E-state index >= 15 is 0 Å². The van der Waals surface area contributed by atoms with Crippen molar-refractivity contribution in [1.82, 2.24) is 5.32 Å². The molecule has 0 aliphatic carbocycles. The number of nitrogens with one attached hydrogen (secondary N) is 1. The van der Waals surface area contributed by atoms with E-state index in [1.54, 1.807) is 0 Å². The maximum Gasteiger partial charge on any atom is 0.326 e. The number of hydrogen-bond acceptors (Lipinski definition) is 2. The Morgan fingerprint density at radius 1 is 0.750 bits per heavy atom. The fraction of sp³-hybridized carbons (Fsp3) is 0.643. The highest BCUT2D eigenvalue weighted by molar-refractivity contribution is 5.83. The van der Waals surface area contributed by atoms with Crippen LogP contribution in [0.5, 0.6) is 0 Å². The molecule has 0 saturated carbocycles. The highest BCUT2D eigenvalue weighted by Gasteiger charge is 2.20. The largest absolute Gasteiger partial charge is 0.480 e. The first-order valence-electron chi connectivity index (χ1n) is 12.6. The van der Waals surface area contributed by atoms with Gasteiger partial charge in [0.25, 0.3) is 0 Å². The molecule has 0 aromatic carbocycles. The van der Waals surface area contributed by atoms with Crippen molar-refractivity contribution in [2.45, 2.75) is 110 Å². The van der Waals surface area contributed by atoms with Crippen molar-refractivity contribution in [2.75, 3.05) is 0 Å². The van der Waals surface area contributed by atoms with Gasteiger partial charge in [-0.25, -0.2) is 4.79 Å². The summed E-state index contributed by atoms with van der Waals surface area (Å²) in [5.74, 6) is -0.870. The average molecular weight is 446 g/mol. The predicted molar refractivity (Wildman–Crippen MR) is 137 cm³/mol. The van der Waals surface area contributed by atoms with Crippen molar-refractivity contribution in [1.29, 1.82) is 0 Å². The summed E-state index contributed by atoms with van der Waals surface area (Å²) in [6.07, 6.45) is 30.6. The average Bonchev–Trinajstić information content (AvgIpc) is 2.74. The molecule has 0 spiro atoms. The van der Waals surface area contributed by atoms with Gasteiger partial charge in [-0.1, -0.05) is 88.6 Å². The van der Waals surface area contributed by atoms with Crippen LogP contribution in [0.4, 0.5) is 0 Å². The van der Waals surface area contributed by atoms with Gasteiger partial charge in [-0.15, -0.1) is 0 Å². The second kappa shape index (κ2) is 22.1. The molecule has 1 amide bonds. The molecule has 0 rings (SSSR count). The number of carbonyl (C=O) groups is 2. The number of aliphatic carboxylic acids is 1. The summed E-state index contributed by atoms with van der Waals surface area (Å²) in [6.45, 7) is 6.15. The lowest BCUT2D eigenvalue weighted by atomic mass is 10.0. The smallest absolute Gasteiger partial charge is 0.326 e. The Balaban J connectivity index is 3.65. The van der Waals surface area contributed by atoms with E-state index in [2.05, 4.69) is 60.8 Å². The quantitative estimate of drug-likeness (QED) is 0.150. The van der Waals surface area contributed by atoms with Crippen molar-refractivity contribution in [3.63, 3.8) is 0 Å².